The molecule has 1 aliphatic heterocycles. The van der Waals surface area contributed by atoms with E-state index < -0.39 is 10.8 Å². The largest absolute Gasteiger partial charge is 0.376 e. The summed E-state index contributed by atoms with van der Waals surface area (Å²) in [7, 11) is 0. The van der Waals surface area contributed by atoms with Crippen molar-refractivity contribution in [3.63, 3.8) is 0 Å². The molecular formula is C14H17N3O4. The molecule has 7 heteroatoms. The normalized spacial score (nSPS) is 30.9. The fourth-order valence-electron chi connectivity index (χ4n) is 3.18. The van der Waals surface area contributed by atoms with Crippen LogP contribution in [-0.2, 0) is 4.74 Å². The molecule has 1 aliphatic carbocycles. The van der Waals surface area contributed by atoms with Crippen molar-refractivity contribution in [3.8, 4) is 0 Å². The molecule has 0 spiro atoms. The second kappa shape index (κ2) is 5.42. The van der Waals surface area contributed by atoms with Crippen LogP contribution in [-0.4, -0.2) is 35.6 Å². The lowest BCUT2D eigenvalue weighted by Gasteiger charge is -2.52. The molecule has 0 radical (unpaired) electrons. The van der Waals surface area contributed by atoms with E-state index in [1.54, 1.807) is 6.07 Å². The lowest BCUT2D eigenvalue weighted by Crippen LogP contribution is -2.72. The number of carbonyl (C=O) groups is 1. The quantitative estimate of drug-likeness (QED) is 0.633. The number of nitrogens with zero attached hydrogens (tertiary/aromatic N) is 1. The highest BCUT2D eigenvalue weighted by Crippen LogP contribution is 2.37. The molecule has 1 aromatic carbocycles. The Bertz CT molecular complexity index is 577. The van der Waals surface area contributed by atoms with Gasteiger partial charge in [0.15, 0.2) is 0 Å². The van der Waals surface area contributed by atoms with Crippen LogP contribution in [0.1, 0.15) is 23.2 Å². The van der Waals surface area contributed by atoms with E-state index in [9.17, 15) is 14.9 Å². The second-order valence-electron chi connectivity index (χ2n) is 5.49. The predicted octanol–water partition coefficient (Wildman–Crippen LogP) is 0.829. The van der Waals surface area contributed by atoms with E-state index in [4.69, 9.17) is 10.5 Å². The number of ether oxygens (including phenoxy) is 1. The predicted molar refractivity (Wildman–Crippen MR) is 74.8 cm³/mol. The van der Waals surface area contributed by atoms with Crippen LogP contribution >= 0.6 is 0 Å². The molecule has 1 amide bonds. The summed E-state index contributed by atoms with van der Waals surface area (Å²) in [4.78, 5) is 22.7. The molecule has 0 aromatic heterocycles. The van der Waals surface area contributed by atoms with Crippen molar-refractivity contribution in [2.45, 2.75) is 31.0 Å². The summed E-state index contributed by atoms with van der Waals surface area (Å²) in [5, 5.41) is 13.7. The lowest BCUT2D eigenvalue weighted by molar-refractivity contribution is -0.385. The summed E-state index contributed by atoms with van der Waals surface area (Å²) in [6.07, 6.45) is 1.92. The Morgan fingerprint density at radius 3 is 2.95 bits per heavy atom. The minimum Gasteiger partial charge on any atom is -0.376 e. The molecule has 4 atom stereocenters. The highest BCUT2D eigenvalue weighted by atomic mass is 16.6. The van der Waals surface area contributed by atoms with E-state index in [1.165, 1.54) is 18.2 Å². The first kappa shape index (κ1) is 14.0. The van der Waals surface area contributed by atoms with E-state index in [0.29, 0.717) is 6.61 Å². The first-order valence-corrected chi connectivity index (χ1v) is 7.01. The molecule has 1 saturated heterocycles. The van der Waals surface area contributed by atoms with Gasteiger partial charge in [-0.05, 0) is 18.9 Å². The first-order chi connectivity index (χ1) is 10.1. The molecule has 1 saturated carbocycles. The van der Waals surface area contributed by atoms with E-state index in [0.717, 1.165) is 12.8 Å². The highest BCUT2D eigenvalue weighted by Gasteiger charge is 2.51. The van der Waals surface area contributed by atoms with Crippen molar-refractivity contribution in [1.29, 1.82) is 0 Å². The number of carbonyl (C=O) groups excluding carboxylic acids is 1. The molecule has 4 unspecified atom stereocenters. The monoisotopic (exact) mass is 291 g/mol. The number of nitrogens with two attached hydrogens (primary N) is 1. The van der Waals surface area contributed by atoms with Crippen LogP contribution in [0.5, 0.6) is 0 Å². The number of nitro benzene ring substituents is 1. The molecule has 0 bridgehead atoms. The third-order valence-electron chi connectivity index (χ3n) is 4.32. The van der Waals surface area contributed by atoms with Gasteiger partial charge in [0, 0.05) is 24.6 Å². The van der Waals surface area contributed by atoms with Crippen LogP contribution in [0.15, 0.2) is 24.3 Å². The fraction of sp³-hybridized carbons (Fsp3) is 0.500. The zero-order valence-corrected chi connectivity index (χ0v) is 11.4. The van der Waals surface area contributed by atoms with Crippen molar-refractivity contribution in [2.75, 3.05) is 6.61 Å². The topological polar surface area (TPSA) is 107 Å². The Hall–Kier alpha value is -1.99. The second-order valence-corrected chi connectivity index (χ2v) is 5.49. The van der Waals surface area contributed by atoms with Gasteiger partial charge < -0.3 is 15.8 Å². The Morgan fingerprint density at radius 1 is 1.43 bits per heavy atom. The van der Waals surface area contributed by atoms with E-state index in [1.807, 2.05) is 0 Å². The Kier molecular flexibility index (Phi) is 3.60. The van der Waals surface area contributed by atoms with Gasteiger partial charge >= 0.3 is 0 Å². The standard InChI is InChI=1S/C14H17N3O4/c15-11-9-5-3-7-21-13(9)12(11)16-14(18)8-4-1-2-6-10(8)17(19)20/h1-2,4,6,9,11-13H,3,5,7,15H2,(H,16,18). The summed E-state index contributed by atoms with van der Waals surface area (Å²) in [6, 6.07) is 5.46. The van der Waals surface area contributed by atoms with Crippen LogP contribution < -0.4 is 11.1 Å². The van der Waals surface area contributed by atoms with Gasteiger partial charge in [0.05, 0.1) is 17.1 Å². The minimum absolute atomic E-state index is 0.0500. The lowest BCUT2D eigenvalue weighted by atomic mass is 9.68. The zero-order chi connectivity index (χ0) is 15.0. The van der Waals surface area contributed by atoms with Crippen LogP contribution in [0.25, 0.3) is 0 Å². The number of nitrogens with one attached hydrogen (secondary N) is 1. The van der Waals surface area contributed by atoms with Gasteiger partial charge in [-0.1, -0.05) is 12.1 Å². The number of hydrogen-bond donors (Lipinski definition) is 2. The molecule has 21 heavy (non-hydrogen) atoms. The van der Waals surface area contributed by atoms with Crippen molar-refractivity contribution < 1.29 is 14.5 Å². The molecule has 3 N–H and O–H groups in total. The molecule has 7 nitrogen and oxygen atoms in total. The number of amides is 1. The number of hydrogen-bond acceptors (Lipinski definition) is 5. The summed E-state index contributed by atoms with van der Waals surface area (Å²) < 4.78 is 5.65. The van der Waals surface area contributed by atoms with E-state index in [2.05, 4.69) is 5.32 Å². The molecule has 1 heterocycles. The Morgan fingerprint density at radius 2 is 2.19 bits per heavy atom. The molecule has 112 valence electrons. The van der Waals surface area contributed by atoms with Crippen LogP contribution in [0.4, 0.5) is 5.69 Å². The molecule has 3 rings (SSSR count). The van der Waals surface area contributed by atoms with Crippen LogP contribution in [0.3, 0.4) is 0 Å². The SMILES string of the molecule is NC1C2CCCOC2C1NC(=O)c1ccccc1[N+](=O)[O-]. The minimum atomic E-state index is -0.560. The molecule has 1 aromatic rings. The Balaban J connectivity index is 1.74. The number of benzene rings is 1. The van der Waals surface area contributed by atoms with Crippen LogP contribution in [0.2, 0.25) is 0 Å². The summed E-state index contributed by atoms with van der Waals surface area (Å²) in [5.74, 6) is -0.204. The zero-order valence-electron chi connectivity index (χ0n) is 11.4. The number of para-hydroxylation sites is 1. The maximum Gasteiger partial charge on any atom is 0.282 e. The van der Waals surface area contributed by atoms with Crippen molar-refractivity contribution in [1.82, 2.24) is 5.32 Å². The molecular weight excluding hydrogens is 274 g/mol. The summed E-state index contributed by atoms with van der Waals surface area (Å²) in [6.45, 7) is 0.672. The Labute approximate surface area is 121 Å². The maximum atomic E-state index is 12.3. The number of rotatable bonds is 3. The first-order valence-electron chi connectivity index (χ1n) is 7.01. The number of nitro groups is 1. The summed E-state index contributed by atoms with van der Waals surface area (Å²) >= 11 is 0. The summed E-state index contributed by atoms with van der Waals surface area (Å²) in [5.41, 5.74) is 5.92. The fourth-order valence-corrected chi connectivity index (χ4v) is 3.18. The average molecular weight is 291 g/mol. The molecule has 2 aliphatic rings. The average Bonchev–Trinajstić information content (AvgIpc) is 2.51. The smallest absolute Gasteiger partial charge is 0.282 e. The van der Waals surface area contributed by atoms with Gasteiger partial charge in [-0.3, -0.25) is 14.9 Å². The van der Waals surface area contributed by atoms with Crippen molar-refractivity contribution in [2.24, 2.45) is 11.7 Å². The molecule has 2 fully saturated rings. The van der Waals surface area contributed by atoms with Gasteiger partial charge in [-0.15, -0.1) is 0 Å². The van der Waals surface area contributed by atoms with Gasteiger partial charge in [0.25, 0.3) is 11.6 Å². The van der Waals surface area contributed by atoms with Gasteiger partial charge in [0.1, 0.15) is 5.56 Å². The van der Waals surface area contributed by atoms with Gasteiger partial charge in [0.2, 0.25) is 0 Å². The van der Waals surface area contributed by atoms with E-state index >= 15 is 0 Å². The van der Waals surface area contributed by atoms with Gasteiger partial charge in [-0.25, -0.2) is 0 Å². The van der Waals surface area contributed by atoms with Gasteiger partial charge in [-0.2, -0.15) is 0 Å². The maximum absolute atomic E-state index is 12.3. The highest BCUT2D eigenvalue weighted by molar-refractivity contribution is 5.98. The third kappa shape index (κ3) is 2.38. The van der Waals surface area contributed by atoms with Crippen molar-refractivity contribution in [3.05, 3.63) is 39.9 Å². The third-order valence-corrected chi connectivity index (χ3v) is 4.32. The number of fused-ring (bicyclic) bond motifs is 1. The van der Waals surface area contributed by atoms with E-state index in [-0.39, 0.29) is 35.4 Å². The van der Waals surface area contributed by atoms with Crippen molar-refractivity contribution >= 4 is 11.6 Å². The van der Waals surface area contributed by atoms with Crippen LogP contribution in [0, 0.1) is 16.0 Å².